The van der Waals surface area contributed by atoms with E-state index in [1.165, 1.54) is 11.8 Å². The number of carbonyl (C=O) groups is 2. The monoisotopic (exact) mass is 376 g/mol. The highest BCUT2D eigenvalue weighted by Crippen LogP contribution is 2.19. The minimum Gasteiger partial charge on any atom is -0.357 e. The van der Waals surface area contributed by atoms with Crippen LogP contribution in [0.15, 0.2) is 59.5 Å². The van der Waals surface area contributed by atoms with Gasteiger partial charge in [-0.2, -0.15) is 0 Å². The Balaban J connectivity index is 2.10. The number of hydrogen-bond acceptors (Lipinski definition) is 3. The smallest absolute Gasteiger partial charge is 0.242 e. The highest BCUT2D eigenvalue weighted by Gasteiger charge is 2.25. The maximum Gasteiger partial charge on any atom is 0.242 e. The van der Waals surface area contributed by atoms with E-state index in [2.05, 4.69) is 5.32 Å². The van der Waals surface area contributed by atoms with Crippen LogP contribution in [0.3, 0.4) is 0 Å². The van der Waals surface area contributed by atoms with Gasteiger partial charge in [-0.3, -0.25) is 9.59 Å². The minimum atomic E-state index is -0.551. The molecule has 0 aliphatic rings. The molecule has 132 valence electrons. The zero-order chi connectivity index (χ0) is 18.2. The molecule has 2 aromatic rings. The Morgan fingerprint density at radius 1 is 1.12 bits per heavy atom. The number of benzene rings is 2. The highest BCUT2D eigenvalue weighted by atomic mass is 35.5. The summed E-state index contributed by atoms with van der Waals surface area (Å²) < 4.78 is 0. The Kier molecular flexibility index (Phi) is 7.34. The SMILES string of the molecule is CNC(=O)[C@H](C)N(Cc1ccc(Cl)cc1)C(=O)CSc1ccccc1. The first-order valence-electron chi connectivity index (χ1n) is 7.94. The van der Waals surface area contributed by atoms with Gasteiger partial charge in [0, 0.05) is 23.5 Å². The molecule has 0 radical (unpaired) electrons. The van der Waals surface area contributed by atoms with E-state index in [1.54, 1.807) is 31.0 Å². The predicted octanol–water partition coefficient (Wildman–Crippen LogP) is 3.60. The molecule has 1 N–H and O–H groups in total. The Labute approximate surface area is 157 Å². The lowest BCUT2D eigenvalue weighted by atomic mass is 10.1. The van der Waals surface area contributed by atoms with Gasteiger partial charge in [0.15, 0.2) is 0 Å². The number of nitrogens with zero attached hydrogens (tertiary/aromatic N) is 1. The van der Waals surface area contributed by atoms with Gasteiger partial charge in [0.2, 0.25) is 11.8 Å². The van der Waals surface area contributed by atoms with Crippen LogP contribution in [-0.4, -0.2) is 35.6 Å². The zero-order valence-electron chi connectivity index (χ0n) is 14.2. The third-order valence-corrected chi connectivity index (χ3v) is 5.03. The van der Waals surface area contributed by atoms with Crippen molar-refractivity contribution in [3.05, 3.63) is 65.2 Å². The van der Waals surface area contributed by atoms with Crippen molar-refractivity contribution >= 4 is 35.2 Å². The molecule has 0 spiro atoms. The van der Waals surface area contributed by atoms with Crippen molar-refractivity contribution in [1.82, 2.24) is 10.2 Å². The Hall–Kier alpha value is -1.98. The summed E-state index contributed by atoms with van der Waals surface area (Å²) in [6.45, 7) is 2.10. The first-order valence-corrected chi connectivity index (χ1v) is 9.31. The van der Waals surface area contributed by atoms with Gasteiger partial charge in [-0.25, -0.2) is 0 Å². The molecule has 0 aliphatic heterocycles. The summed E-state index contributed by atoms with van der Waals surface area (Å²) >= 11 is 7.38. The topological polar surface area (TPSA) is 49.4 Å². The van der Waals surface area contributed by atoms with Gasteiger partial charge in [-0.1, -0.05) is 41.9 Å². The summed E-state index contributed by atoms with van der Waals surface area (Å²) in [4.78, 5) is 27.4. The van der Waals surface area contributed by atoms with Gasteiger partial charge in [0.1, 0.15) is 6.04 Å². The van der Waals surface area contributed by atoms with Gasteiger partial charge in [-0.15, -0.1) is 11.8 Å². The highest BCUT2D eigenvalue weighted by molar-refractivity contribution is 8.00. The molecule has 0 bridgehead atoms. The number of amides is 2. The first-order chi connectivity index (χ1) is 12.0. The van der Waals surface area contributed by atoms with Crippen molar-refractivity contribution in [3.8, 4) is 0 Å². The molecule has 0 saturated heterocycles. The molecule has 0 unspecified atom stereocenters. The number of nitrogens with one attached hydrogen (secondary N) is 1. The van der Waals surface area contributed by atoms with E-state index in [4.69, 9.17) is 11.6 Å². The number of halogens is 1. The van der Waals surface area contributed by atoms with Crippen LogP contribution in [0.4, 0.5) is 0 Å². The van der Waals surface area contributed by atoms with Crippen molar-refractivity contribution in [3.63, 3.8) is 0 Å². The van der Waals surface area contributed by atoms with Gasteiger partial charge < -0.3 is 10.2 Å². The molecule has 0 aromatic heterocycles. The van der Waals surface area contributed by atoms with Crippen molar-refractivity contribution in [2.45, 2.75) is 24.4 Å². The first kappa shape index (κ1) is 19.3. The summed E-state index contributed by atoms with van der Waals surface area (Å²) in [6.07, 6.45) is 0. The molecule has 0 heterocycles. The fourth-order valence-electron chi connectivity index (χ4n) is 2.32. The summed E-state index contributed by atoms with van der Waals surface area (Å²) in [5, 5.41) is 3.25. The van der Waals surface area contributed by atoms with E-state index in [1.807, 2.05) is 42.5 Å². The van der Waals surface area contributed by atoms with Crippen LogP contribution in [0.1, 0.15) is 12.5 Å². The maximum atomic E-state index is 12.7. The summed E-state index contributed by atoms with van der Waals surface area (Å²) in [5.41, 5.74) is 0.929. The van der Waals surface area contributed by atoms with Crippen LogP contribution in [-0.2, 0) is 16.1 Å². The minimum absolute atomic E-state index is 0.0834. The van der Waals surface area contributed by atoms with Crippen molar-refractivity contribution < 1.29 is 9.59 Å². The lowest BCUT2D eigenvalue weighted by molar-refractivity contribution is -0.138. The van der Waals surface area contributed by atoms with Crippen LogP contribution in [0, 0.1) is 0 Å². The molecular formula is C19H21ClN2O2S. The number of likely N-dealkylation sites (N-methyl/N-ethyl adjacent to an activating group) is 1. The molecule has 2 amide bonds. The van der Waals surface area contributed by atoms with E-state index < -0.39 is 6.04 Å². The largest absolute Gasteiger partial charge is 0.357 e. The van der Waals surface area contributed by atoms with E-state index in [9.17, 15) is 9.59 Å². The number of rotatable bonds is 7. The quantitative estimate of drug-likeness (QED) is 0.751. The fourth-order valence-corrected chi connectivity index (χ4v) is 3.25. The van der Waals surface area contributed by atoms with Gasteiger partial charge in [-0.05, 0) is 36.8 Å². The molecule has 2 aromatic carbocycles. The fraction of sp³-hybridized carbons (Fsp3) is 0.263. The van der Waals surface area contributed by atoms with Crippen LogP contribution in [0.5, 0.6) is 0 Å². The molecule has 2 rings (SSSR count). The molecule has 0 aliphatic carbocycles. The average Bonchev–Trinajstić information content (AvgIpc) is 2.65. The van der Waals surface area contributed by atoms with Crippen LogP contribution in [0.2, 0.25) is 5.02 Å². The van der Waals surface area contributed by atoms with E-state index >= 15 is 0 Å². The zero-order valence-corrected chi connectivity index (χ0v) is 15.8. The second-order valence-electron chi connectivity index (χ2n) is 5.54. The molecule has 0 fully saturated rings. The van der Waals surface area contributed by atoms with Gasteiger partial charge >= 0.3 is 0 Å². The van der Waals surface area contributed by atoms with Gasteiger partial charge in [0.05, 0.1) is 5.75 Å². The Morgan fingerprint density at radius 3 is 2.36 bits per heavy atom. The third kappa shape index (κ3) is 5.80. The van der Waals surface area contributed by atoms with E-state index in [0.717, 1.165) is 10.5 Å². The summed E-state index contributed by atoms with van der Waals surface area (Å²) in [5.74, 6) is 0.00536. The van der Waals surface area contributed by atoms with Crippen molar-refractivity contribution in [2.75, 3.05) is 12.8 Å². The van der Waals surface area contributed by atoms with E-state index in [0.29, 0.717) is 11.6 Å². The molecule has 4 nitrogen and oxygen atoms in total. The number of carbonyl (C=O) groups excluding carboxylic acids is 2. The molecule has 25 heavy (non-hydrogen) atoms. The molecule has 1 atom stereocenters. The lowest BCUT2D eigenvalue weighted by Crippen LogP contribution is -2.47. The standard InChI is InChI=1S/C19H21ClN2O2S/c1-14(19(24)21-2)22(12-15-8-10-16(20)11-9-15)18(23)13-25-17-6-4-3-5-7-17/h3-11,14H,12-13H2,1-2H3,(H,21,24)/t14-/m0/s1. The number of thioether (sulfide) groups is 1. The predicted molar refractivity (Wildman–Crippen MR) is 103 cm³/mol. The van der Waals surface area contributed by atoms with E-state index in [-0.39, 0.29) is 17.6 Å². The summed E-state index contributed by atoms with van der Waals surface area (Å²) in [6, 6.07) is 16.5. The average molecular weight is 377 g/mol. The normalized spacial score (nSPS) is 11.6. The van der Waals surface area contributed by atoms with Gasteiger partial charge in [0.25, 0.3) is 0 Å². The molecule has 0 saturated carbocycles. The Morgan fingerprint density at radius 2 is 1.76 bits per heavy atom. The Bertz CT molecular complexity index is 707. The maximum absolute atomic E-state index is 12.7. The van der Waals surface area contributed by atoms with Crippen molar-refractivity contribution in [1.29, 1.82) is 0 Å². The third-order valence-electron chi connectivity index (χ3n) is 3.79. The van der Waals surface area contributed by atoms with Crippen LogP contribution >= 0.6 is 23.4 Å². The molecular weight excluding hydrogens is 356 g/mol. The second-order valence-corrected chi connectivity index (χ2v) is 7.03. The molecule has 6 heteroatoms. The lowest BCUT2D eigenvalue weighted by Gasteiger charge is -2.28. The summed E-state index contributed by atoms with van der Waals surface area (Å²) in [7, 11) is 1.57. The van der Waals surface area contributed by atoms with Crippen molar-refractivity contribution in [2.24, 2.45) is 0 Å². The number of hydrogen-bond donors (Lipinski definition) is 1. The second kappa shape index (κ2) is 9.49. The van der Waals surface area contributed by atoms with Crippen LogP contribution in [0.25, 0.3) is 0 Å². The van der Waals surface area contributed by atoms with Crippen LogP contribution < -0.4 is 5.32 Å².